The molecule has 0 spiro atoms. The van der Waals surface area contributed by atoms with Gasteiger partial charge in [0.1, 0.15) is 0 Å². The van der Waals surface area contributed by atoms with E-state index in [1.807, 2.05) is 60.7 Å². The summed E-state index contributed by atoms with van der Waals surface area (Å²) in [5.74, 6) is -0.878. The van der Waals surface area contributed by atoms with Crippen LogP contribution >= 0.6 is 0 Å². The van der Waals surface area contributed by atoms with Crippen molar-refractivity contribution >= 4 is 11.8 Å². The topological polar surface area (TPSA) is 46.2 Å². The zero-order valence-corrected chi connectivity index (χ0v) is 11.4. The highest BCUT2D eigenvalue weighted by Crippen LogP contribution is 2.14. The van der Waals surface area contributed by atoms with Crippen molar-refractivity contribution < 1.29 is 9.59 Å². The number of benzene rings is 2. The van der Waals surface area contributed by atoms with Gasteiger partial charge in [-0.05, 0) is 18.1 Å². The van der Waals surface area contributed by atoms with Gasteiger partial charge in [-0.25, -0.2) is 0 Å². The third kappa shape index (κ3) is 3.79. The molecule has 2 amide bonds. The normalized spacial score (nSPS) is 11.7. The molecule has 1 atom stereocenters. The minimum atomic E-state index is -0.337. The van der Waals surface area contributed by atoms with Crippen LogP contribution in [0.5, 0.6) is 0 Å². The number of hydrogen-bond donors (Lipinski definition) is 1. The maximum atomic E-state index is 12.0. The number of carbonyl (C=O) groups excluding carboxylic acids is 2. The Bertz CT molecular complexity index is 578. The molecule has 102 valence electrons. The van der Waals surface area contributed by atoms with Crippen LogP contribution in [0.4, 0.5) is 0 Å². The van der Waals surface area contributed by atoms with Crippen molar-refractivity contribution in [2.45, 2.75) is 19.3 Å². The van der Waals surface area contributed by atoms with E-state index in [2.05, 4.69) is 5.32 Å². The summed E-state index contributed by atoms with van der Waals surface area (Å²) in [7, 11) is 0. The zero-order valence-electron chi connectivity index (χ0n) is 11.4. The molecule has 3 heteroatoms. The molecule has 0 aromatic heterocycles. The first-order valence-corrected chi connectivity index (χ1v) is 6.59. The Balaban J connectivity index is 1.93. The molecule has 0 aliphatic carbocycles. The second kappa shape index (κ2) is 6.66. The lowest BCUT2D eigenvalue weighted by molar-refractivity contribution is -0.130. The SMILES string of the molecule is CC(C(=O)NC(=O)Cc1ccccc1)c1ccccc1. The van der Waals surface area contributed by atoms with Crippen molar-refractivity contribution in [2.75, 3.05) is 0 Å². The molecular weight excluding hydrogens is 250 g/mol. The van der Waals surface area contributed by atoms with E-state index in [0.29, 0.717) is 0 Å². The Hall–Kier alpha value is -2.42. The van der Waals surface area contributed by atoms with Gasteiger partial charge < -0.3 is 0 Å². The fourth-order valence-corrected chi connectivity index (χ4v) is 1.96. The quantitative estimate of drug-likeness (QED) is 0.925. The Morgan fingerprint density at radius 3 is 2.10 bits per heavy atom. The Kier molecular flexibility index (Phi) is 4.66. The maximum absolute atomic E-state index is 12.0. The van der Waals surface area contributed by atoms with Gasteiger partial charge in [0, 0.05) is 0 Å². The molecule has 2 rings (SSSR count). The van der Waals surface area contributed by atoms with Crippen molar-refractivity contribution in [1.82, 2.24) is 5.32 Å². The molecule has 1 N–H and O–H groups in total. The highest BCUT2D eigenvalue weighted by atomic mass is 16.2. The van der Waals surface area contributed by atoms with Crippen LogP contribution < -0.4 is 5.32 Å². The monoisotopic (exact) mass is 267 g/mol. The molecule has 0 fully saturated rings. The minimum Gasteiger partial charge on any atom is -0.296 e. The molecule has 3 nitrogen and oxygen atoms in total. The van der Waals surface area contributed by atoms with Gasteiger partial charge in [-0.1, -0.05) is 60.7 Å². The number of amides is 2. The summed E-state index contributed by atoms with van der Waals surface area (Å²) < 4.78 is 0. The van der Waals surface area contributed by atoms with E-state index in [4.69, 9.17) is 0 Å². The van der Waals surface area contributed by atoms with E-state index < -0.39 is 0 Å². The van der Waals surface area contributed by atoms with Crippen LogP contribution in [-0.4, -0.2) is 11.8 Å². The molecular formula is C17H17NO2. The summed E-state index contributed by atoms with van der Waals surface area (Å²) in [6, 6.07) is 18.8. The zero-order chi connectivity index (χ0) is 14.4. The Morgan fingerprint density at radius 1 is 0.950 bits per heavy atom. The molecule has 20 heavy (non-hydrogen) atoms. The highest BCUT2D eigenvalue weighted by molar-refractivity contribution is 5.98. The van der Waals surface area contributed by atoms with Gasteiger partial charge in [0.15, 0.2) is 0 Å². The van der Waals surface area contributed by atoms with Crippen LogP contribution in [0.15, 0.2) is 60.7 Å². The standard InChI is InChI=1S/C17H17NO2/c1-13(15-10-6-3-7-11-15)17(20)18-16(19)12-14-8-4-2-5-9-14/h2-11,13H,12H2,1H3,(H,18,19,20). The lowest BCUT2D eigenvalue weighted by Gasteiger charge is -2.11. The van der Waals surface area contributed by atoms with Crippen molar-refractivity contribution in [3.63, 3.8) is 0 Å². The fourth-order valence-electron chi connectivity index (χ4n) is 1.96. The third-order valence-corrected chi connectivity index (χ3v) is 3.16. The summed E-state index contributed by atoms with van der Waals surface area (Å²) >= 11 is 0. The van der Waals surface area contributed by atoms with Gasteiger partial charge >= 0.3 is 0 Å². The van der Waals surface area contributed by atoms with Crippen LogP contribution in [-0.2, 0) is 16.0 Å². The fraction of sp³-hybridized carbons (Fsp3) is 0.176. The Morgan fingerprint density at radius 2 is 1.50 bits per heavy atom. The first-order chi connectivity index (χ1) is 9.66. The second-order valence-corrected chi connectivity index (χ2v) is 4.71. The predicted octanol–water partition coefficient (Wildman–Crippen LogP) is 2.68. The van der Waals surface area contributed by atoms with Crippen molar-refractivity contribution in [3.05, 3.63) is 71.8 Å². The smallest absolute Gasteiger partial charge is 0.233 e. The molecule has 0 bridgehead atoms. The highest BCUT2D eigenvalue weighted by Gasteiger charge is 2.17. The minimum absolute atomic E-state index is 0.216. The average molecular weight is 267 g/mol. The van der Waals surface area contributed by atoms with Crippen LogP contribution in [0.1, 0.15) is 24.0 Å². The van der Waals surface area contributed by atoms with Crippen LogP contribution in [0.3, 0.4) is 0 Å². The van der Waals surface area contributed by atoms with E-state index in [1.54, 1.807) is 6.92 Å². The van der Waals surface area contributed by atoms with Gasteiger partial charge in [-0.3, -0.25) is 14.9 Å². The van der Waals surface area contributed by atoms with E-state index >= 15 is 0 Å². The van der Waals surface area contributed by atoms with Gasteiger partial charge in [0.05, 0.1) is 12.3 Å². The Labute approximate surface area is 118 Å². The van der Waals surface area contributed by atoms with E-state index in [1.165, 1.54) is 0 Å². The van der Waals surface area contributed by atoms with Gasteiger partial charge in [0.2, 0.25) is 11.8 Å². The van der Waals surface area contributed by atoms with Gasteiger partial charge in [-0.15, -0.1) is 0 Å². The first kappa shape index (κ1) is 14.0. The van der Waals surface area contributed by atoms with Crippen LogP contribution in [0.2, 0.25) is 0 Å². The molecule has 1 unspecified atom stereocenters. The van der Waals surface area contributed by atoms with Gasteiger partial charge in [-0.2, -0.15) is 0 Å². The first-order valence-electron chi connectivity index (χ1n) is 6.59. The second-order valence-electron chi connectivity index (χ2n) is 4.71. The number of nitrogens with one attached hydrogen (secondary N) is 1. The lowest BCUT2D eigenvalue weighted by Crippen LogP contribution is -2.34. The van der Waals surface area contributed by atoms with Crippen LogP contribution in [0, 0.1) is 0 Å². The maximum Gasteiger partial charge on any atom is 0.233 e. The van der Waals surface area contributed by atoms with Crippen LogP contribution in [0.25, 0.3) is 0 Å². The van der Waals surface area contributed by atoms with Gasteiger partial charge in [0.25, 0.3) is 0 Å². The molecule has 0 aliphatic rings. The van der Waals surface area contributed by atoms with Crippen molar-refractivity contribution in [2.24, 2.45) is 0 Å². The largest absolute Gasteiger partial charge is 0.296 e. The van der Waals surface area contributed by atoms with E-state index in [-0.39, 0.29) is 24.2 Å². The molecule has 2 aromatic carbocycles. The number of hydrogen-bond acceptors (Lipinski definition) is 2. The third-order valence-electron chi connectivity index (χ3n) is 3.16. The van der Waals surface area contributed by atoms with E-state index in [0.717, 1.165) is 11.1 Å². The summed E-state index contributed by atoms with van der Waals surface area (Å²) in [6.45, 7) is 1.79. The number of carbonyl (C=O) groups is 2. The lowest BCUT2D eigenvalue weighted by atomic mass is 10.0. The predicted molar refractivity (Wildman–Crippen MR) is 78.2 cm³/mol. The summed E-state index contributed by atoms with van der Waals surface area (Å²) in [6.07, 6.45) is 0.216. The van der Waals surface area contributed by atoms with Crippen molar-refractivity contribution in [1.29, 1.82) is 0 Å². The molecule has 0 heterocycles. The molecule has 0 saturated carbocycles. The average Bonchev–Trinajstić information content (AvgIpc) is 2.48. The molecule has 0 aliphatic heterocycles. The summed E-state index contributed by atoms with van der Waals surface area (Å²) in [5, 5.41) is 2.45. The van der Waals surface area contributed by atoms with Crippen molar-refractivity contribution in [3.8, 4) is 0 Å². The summed E-state index contributed by atoms with van der Waals surface area (Å²) in [5.41, 5.74) is 1.79. The molecule has 0 saturated heterocycles. The molecule has 2 aromatic rings. The van der Waals surface area contributed by atoms with E-state index in [9.17, 15) is 9.59 Å². The number of imide groups is 1. The summed E-state index contributed by atoms with van der Waals surface area (Å²) in [4.78, 5) is 23.8. The molecule has 0 radical (unpaired) electrons. The number of rotatable bonds is 4.